The minimum atomic E-state index is -4.53. The molecule has 0 aliphatic heterocycles. The van der Waals surface area contributed by atoms with E-state index in [9.17, 15) is 22.4 Å². The lowest BCUT2D eigenvalue weighted by Crippen LogP contribution is -2.05. The molecular formula is C14H10F4OS. The number of thiophene rings is 1. The van der Waals surface area contributed by atoms with Crippen molar-refractivity contribution in [3.8, 4) is 10.4 Å². The van der Waals surface area contributed by atoms with Gasteiger partial charge in [-0.3, -0.25) is 4.79 Å². The van der Waals surface area contributed by atoms with E-state index in [-0.39, 0.29) is 11.3 Å². The fourth-order valence-electron chi connectivity index (χ4n) is 1.70. The number of rotatable bonds is 3. The quantitative estimate of drug-likeness (QED) is 0.565. The van der Waals surface area contributed by atoms with Crippen molar-refractivity contribution in [2.75, 3.05) is 0 Å². The van der Waals surface area contributed by atoms with Crippen LogP contribution in [-0.4, -0.2) is 5.78 Å². The number of ketones is 1. The maximum Gasteiger partial charge on any atom is 0.416 e. The molecule has 0 unspecified atom stereocenters. The molecule has 0 spiro atoms. The Morgan fingerprint density at radius 1 is 1.20 bits per heavy atom. The summed E-state index contributed by atoms with van der Waals surface area (Å²) in [4.78, 5) is 12.2. The van der Waals surface area contributed by atoms with Crippen LogP contribution in [0.4, 0.5) is 17.6 Å². The summed E-state index contributed by atoms with van der Waals surface area (Å²) < 4.78 is 51.6. The van der Waals surface area contributed by atoms with Gasteiger partial charge in [-0.05, 0) is 30.3 Å². The summed E-state index contributed by atoms with van der Waals surface area (Å²) in [5, 5.41) is 0. The van der Waals surface area contributed by atoms with E-state index in [1.54, 1.807) is 6.92 Å². The Hall–Kier alpha value is -1.69. The molecule has 2 rings (SSSR count). The van der Waals surface area contributed by atoms with Crippen LogP contribution in [0, 0.1) is 5.82 Å². The lowest BCUT2D eigenvalue weighted by Gasteiger charge is -2.08. The second kappa shape index (κ2) is 5.36. The minimum absolute atomic E-state index is 0.117. The number of alkyl halides is 3. The van der Waals surface area contributed by atoms with Crippen LogP contribution in [0.5, 0.6) is 0 Å². The zero-order valence-electron chi connectivity index (χ0n) is 10.4. The number of Topliss-reactive ketones (excluding diaryl/α,β-unsaturated/α-hetero) is 1. The second-order valence-electron chi connectivity index (χ2n) is 4.13. The van der Waals surface area contributed by atoms with E-state index in [2.05, 4.69) is 0 Å². The van der Waals surface area contributed by atoms with E-state index < -0.39 is 17.6 Å². The first kappa shape index (κ1) is 14.7. The molecule has 106 valence electrons. The van der Waals surface area contributed by atoms with Crippen molar-refractivity contribution in [1.29, 1.82) is 0 Å². The predicted molar refractivity (Wildman–Crippen MR) is 69.3 cm³/mol. The summed E-state index contributed by atoms with van der Waals surface area (Å²) in [6.07, 6.45) is -4.23. The Labute approximate surface area is 116 Å². The highest BCUT2D eigenvalue weighted by Gasteiger charge is 2.31. The molecule has 0 aliphatic rings. The maximum absolute atomic E-state index is 13.7. The standard InChI is InChI=1S/C14H10F4OS/c1-2-11(19)13-6-5-12(20-13)9-7-8(14(16,17)18)3-4-10(9)15/h3-7H,2H2,1H3. The Morgan fingerprint density at radius 2 is 1.90 bits per heavy atom. The topological polar surface area (TPSA) is 17.1 Å². The first-order chi connectivity index (χ1) is 9.32. The normalized spacial score (nSPS) is 11.7. The molecule has 1 heterocycles. The van der Waals surface area contributed by atoms with E-state index in [1.807, 2.05) is 0 Å². The molecule has 6 heteroatoms. The van der Waals surface area contributed by atoms with Crippen LogP contribution >= 0.6 is 11.3 Å². The van der Waals surface area contributed by atoms with Gasteiger partial charge in [0.05, 0.1) is 10.4 Å². The Kier molecular flexibility index (Phi) is 3.94. The molecule has 0 atom stereocenters. The molecule has 20 heavy (non-hydrogen) atoms. The number of benzene rings is 1. The Balaban J connectivity index is 2.47. The first-order valence-electron chi connectivity index (χ1n) is 5.83. The van der Waals surface area contributed by atoms with Gasteiger partial charge in [-0.15, -0.1) is 11.3 Å². The third kappa shape index (κ3) is 2.90. The monoisotopic (exact) mass is 302 g/mol. The maximum atomic E-state index is 13.7. The summed E-state index contributed by atoms with van der Waals surface area (Å²) in [5.41, 5.74) is -1.05. The molecule has 1 aromatic carbocycles. The van der Waals surface area contributed by atoms with Gasteiger partial charge in [0.2, 0.25) is 0 Å². The van der Waals surface area contributed by atoms with Crippen LogP contribution < -0.4 is 0 Å². The molecule has 0 radical (unpaired) electrons. The molecule has 0 bridgehead atoms. The number of halogens is 4. The van der Waals surface area contributed by atoms with Gasteiger partial charge in [0.25, 0.3) is 0 Å². The Bertz CT molecular complexity index is 643. The van der Waals surface area contributed by atoms with Gasteiger partial charge in [0, 0.05) is 16.9 Å². The fraction of sp³-hybridized carbons (Fsp3) is 0.214. The van der Waals surface area contributed by atoms with E-state index in [1.165, 1.54) is 12.1 Å². The van der Waals surface area contributed by atoms with E-state index in [0.29, 0.717) is 22.2 Å². The summed E-state index contributed by atoms with van der Waals surface area (Å²) in [5.74, 6) is -0.857. The highest BCUT2D eigenvalue weighted by molar-refractivity contribution is 7.17. The minimum Gasteiger partial charge on any atom is -0.293 e. The van der Waals surface area contributed by atoms with Gasteiger partial charge < -0.3 is 0 Å². The summed E-state index contributed by atoms with van der Waals surface area (Å²) in [6.45, 7) is 1.69. The van der Waals surface area contributed by atoms with Crippen molar-refractivity contribution < 1.29 is 22.4 Å². The van der Waals surface area contributed by atoms with Crippen molar-refractivity contribution in [1.82, 2.24) is 0 Å². The zero-order valence-corrected chi connectivity index (χ0v) is 11.2. The smallest absolute Gasteiger partial charge is 0.293 e. The molecule has 0 fully saturated rings. The molecule has 0 aliphatic carbocycles. The van der Waals surface area contributed by atoms with Gasteiger partial charge in [-0.25, -0.2) is 4.39 Å². The fourth-order valence-corrected chi connectivity index (χ4v) is 2.73. The van der Waals surface area contributed by atoms with Crippen molar-refractivity contribution in [3.63, 3.8) is 0 Å². The first-order valence-corrected chi connectivity index (χ1v) is 6.64. The van der Waals surface area contributed by atoms with Crippen molar-refractivity contribution in [2.24, 2.45) is 0 Å². The number of hydrogen-bond donors (Lipinski definition) is 0. The van der Waals surface area contributed by atoms with Crippen LogP contribution in [0.15, 0.2) is 30.3 Å². The van der Waals surface area contributed by atoms with Crippen molar-refractivity contribution in [3.05, 3.63) is 46.6 Å². The third-order valence-corrected chi connectivity index (χ3v) is 3.92. The molecular weight excluding hydrogens is 292 g/mol. The van der Waals surface area contributed by atoms with Gasteiger partial charge in [-0.1, -0.05) is 6.92 Å². The highest BCUT2D eigenvalue weighted by Crippen LogP contribution is 2.36. The lowest BCUT2D eigenvalue weighted by atomic mass is 10.1. The van der Waals surface area contributed by atoms with E-state index in [0.717, 1.165) is 23.5 Å². The number of carbonyl (C=O) groups excluding carboxylic acids is 1. The average molecular weight is 302 g/mol. The molecule has 0 saturated carbocycles. The zero-order chi connectivity index (χ0) is 14.9. The largest absolute Gasteiger partial charge is 0.416 e. The predicted octanol–water partition coefficient (Wildman–Crippen LogP) is 5.17. The summed E-state index contributed by atoms with van der Waals surface area (Å²) in [7, 11) is 0. The van der Waals surface area contributed by atoms with Crippen LogP contribution in [0.25, 0.3) is 10.4 Å². The molecule has 1 aromatic heterocycles. The average Bonchev–Trinajstić information content (AvgIpc) is 2.86. The van der Waals surface area contributed by atoms with Gasteiger partial charge in [0.15, 0.2) is 5.78 Å². The molecule has 0 amide bonds. The van der Waals surface area contributed by atoms with E-state index in [4.69, 9.17) is 0 Å². The van der Waals surface area contributed by atoms with Crippen LogP contribution in [-0.2, 0) is 6.18 Å². The highest BCUT2D eigenvalue weighted by atomic mass is 32.1. The lowest BCUT2D eigenvalue weighted by molar-refractivity contribution is -0.137. The molecule has 0 N–H and O–H groups in total. The number of carbonyl (C=O) groups is 1. The van der Waals surface area contributed by atoms with Gasteiger partial charge >= 0.3 is 6.18 Å². The third-order valence-electron chi connectivity index (χ3n) is 2.76. The molecule has 1 nitrogen and oxygen atoms in total. The van der Waals surface area contributed by atoms with Crippen LogP contribution in [0.2, 0.25) is 0 Å². The number of hydrogen-bond acceptors (Lipinski definition) is 2. The van der Waals surface area contributed by atoms with Crippen molar-refractivity contribution in [2.45, 2.75) is 19.5 Å². The summed E-state index contributed by atoms with van der Waals surface area (Å²) >= 11 is 0.995. The van der Waals surface area contributed by atoms with Crippen LogP contribution in [0.3, 0.4) is 0 Å². The Morgan fingerprint density at radius 3 is 2.50 bits per heavy atom. The van der Waals surface area contributed by atoms with Crippen LogP contribution in [0.1, 0.15) is 28.6 Å². The summed E-state index contributed by atoms with van der Waals surface area (Å²) in [6, 6.07) is 5.22. The SMILES string of the molecule is CCC(=O)c1ccc(-c2cc(C(F)(F)F)ccc2F)s1. The van der Waals surface area contributed by atoms with Gasteiger partial charge in [0.1, 0.15) is 5.82 Å². The second-order valence-corrected chi connectivity index (χ2v) is 5.22. The van der Waals surface area contributed by atoms with Crippen molar-refractivity contribution >= 4 is 17.1 Å². The molecule has 2 aromatic rings. The molecule has 0 saturated heterocycles. The van der Waals surface area contributed by atoms with Gasteiger partial charge in [-0.2, -0.15) is 13.2 Å². The van der Waals surface area contributed by atoms with E-state index >= 15 is 0 Å².